The van der Waals surface area contributed by atoms with Crippen LogP contribution in [-0.2, 0) is 20.9 Å². The zero-order chi connectivity index (χ0) is 24.8. The van der Waals surface area contributed by atoms with E-state index in [0.29, 0.717) is 22.1 Å². The van der Waals surface area contributed by atoms with Crippen molar-refractivity contribution in [1.82, 2.24) is 9.78 Å². The number of fused-ring (bicyclic) bond motifs is 1. The fourth-order valence-electron chi connectivity index (χ4n) is 3.49. The molecule has 0 unspecified atom stereocenters. The summed E-state index contributed by atoms with van der Waals surface area (Å²) in [4.78, 5) is 49.2. The Labute approximate surface area is 200 Å². The molecule has 35 heavy (non-hydrogen) atoms. The van der Waals surface area contributed by atoms with Gasteiger partial charge in [0.2, 0.25) is 5.91 Å². The molecule has 4 aromatic rings. The number of rotatable bonds is 7. The predicted octanol–water partition coefficient (Wildman–Crippen LogP) is 3.20. The lowest BCUT2D eigenvalue weighted by Crippen LogP contribution is -2.28. The molecule has 4 rings (SSSR count). The largest absolute Gasteiger partial charge is 0.451 e. The lowest BCUT2D eigenvalue weighted by atomic mass is 10.1. The van der Waals surface area contributed by atoms with E-state index >= 15 is 0 Å². The molecule has 0 saturated heterocycles. The normalized spacial score (nSPS) is 10.5. The predicted molar refractivity (Wildman–Crippen MR) is 131 cm³/mol. The zero-order valence-electron chi connectivity index (χ0n) is 18.9. The number of hydrogen-bond donors (Lipinski definition) is 2. The van der Waals surface area contributed by atoms with Gasteiger partial charge in [0, 0.05) is 23.7 Å². The molecular weight excluding hydrogens is 448 g/mol. The van der Waals surface area contributed by atoms with Crippen molar-refractivity contribution in [2.24, 2.45) is 0 Å². The Morgan fingerprint density at radius 2 is 1.43 bits per heavy atom. The molecule has 0 atom stereocenters. The maximum atomic E-state index is 12.9. The van der Waals surface area contributed by atoms with Crippen LogP contribution in [0.4, 0.5) is 11.4 Å². The molecule has 9 heteroatoms. The van der Waals surface area contributed by atoms with E-state index in [2.05, 4.69) is 15.7 Å². The Hall–Kier alpha value is -4.79. The number of nitrogens with zero attached hydrogens (tertiary/aromatic N) is 2. The highest BCUT2D eigenvalue weighted by Gasteiger charge is 2.19. The second-order valence-corrected chi connectivity index (χ2v) is 7.73. The van der Waals surface area contributed by atoms with Crippen LogP contribution >= 0.6 is 0 Å². The third-order valence-corrected chi connectivity index (χ3v) is 5.06. The molecule has 176 valence electrons. The Balaban J connectivity index is 1.49. The van der Waals surface area contributed by atoms with Gasteiger partial charge in [-0.2, -0.15) is 5.10 Å². The Bertz CT molecular complexity index is 1450. The van der Waals surface area contributed by atoms with E-state index in [4.69, 9.17) is 4.74 Å². The van der Waals surface area contributed by atoms with Crippen molar-refractivity contribution in [2.45, 2.75) is 13.5 Å². The van der Waals surface area contributed by atoms with Gasteiger partial charge < -0.3 is 15.4 Å². The molecular formula is C26H22N4O5. The van der Waals surface area contributed by atoms with E-state index in [9.17, 15) is 19.2 Å². The molecule has 2 amide bonds. The number of nitrogens with one attached hydrogen (secondary N) is 2. The van der Waals surface area contributed by atoms with Crippen molar-refractivity contribution in [1.29, 1.82) is 0 Å². The smallest absolute Gasteiger partial charge is 0.359 e. The number of aromatic nitrogens is 2. The Morgan fingerprint density at radius 3 is 2.09 bits per heavy atom. The first-order chi connectivity index (χ1) is 16.9. The van der Waals surface area contributed by atoms with Gasteiger partial charge in [-0.15, -0.1) is 0 Å². The summed E-state index contributed by atoms with van der Waals surface area (Å²) in [7, 11) is 0. The molecule has 0 saturated carbocycles. The molecule has 1 heterocycles. The van der Waals surface area contributed by atoms with Gasteiger partial charge in [0.15, 0.2) is 12.3 Å². The molecule has 2 N–H and O–H groups in total. The van der Waals surface area contributed by atoms with Crippen LogP contribution < -0.4 is 16.2 Å². The van der Waals surface area contributed by atoms with Crippen molar-refractivity contribution in [2.75, 3.05) is 17.2 Å². The van der Waals surface area contributed by atoms with E-state index in [-0.39, 0.29) is 23.7 Å². The van der Waals surface area contributed by atoms with Crippen LogP contribution in [-0.4, -0.2) is 34.2 Å². The van der Waals surface area contributed by atoms with Gasteiger partial charge in [0.05, 0.1) is 11.9 Å². The fraction of sp³-hybridized carbons (Fsp3) is 0.115. The lowest BCUT2D eigenvalue weighted by molar-refractivity contribution is -0.119. The maximum Gasteiger partial charge on any atom is 0.359 e. The fourth-order valence-corrected chi connectivity index (χ4v) is 3.49. The molecule has 0 bridgehead atoms. The first-order valence-corrected chi connectivity index (χ1v) is 10.8. The first-order valence-electron chi connectivity index (χ1n) is 10.8. The number of anilines is 2. The molecule has 1 aromatic heterocycles. The number of hydrogen-bond acceptors (Lipinski definition) is 6. The molecule has 0 radical (unpaired) electrons. The van der Waals surface area contributed by atoms with Crippen molar-refractivity contribution in [3.05, 3.63) is 100 Å². The minimum absolute atomic E-state index is 0.0522. The van der Waals surface area contributed by atoms with Crippen LogP contribution in [0.25, 0.3) is 10.8 Å². The van der Waals surface area contributed by atoms with E-state index in [1.54, 1.807) is 48.5 Å². The zero-order valence-corrected chi connectivity index (χ0v) is 18.9. The summed E-state index contributed by atoms with van der Waals surface area (Å²) >= 11 is 0. The van der Waals surface area contributed by atoms with Crippen molar-refractivity contribution < 1.29 is 19.1 Å². The second-order valence-electron chi connectivity index (χ2n) is 7.73. The van der Waals surface area contributed by atoms with Gasteiger partial charge in [-0.1, -0.05) is 48.5 Å². The van der Waals surface area contributed by atoms with Gasteiger partial charge in [-0.3, -0.25) is 14.4 Å². The average molecular weight is 470 g/mol. The van der Waals surface area contributed by atoms with Gasteiger partial charge in [-0.25, -0.2) is 9.48 Å². The van der Waals surface area contributed by atoms with Crippen LogP contribution in [0.5, 0.6) is 0 Å². The minimum Gasteiger partial charge on any atom is -0.451 e. The van der Waals surface area contributed by atoms with Crippen LogP contribution in [0.15, 0.2) is 83.7 Å². The van der Waals surface area contributed by atoms with Gasteiger partial charge in [-0.05, 0) is 35.9 Å². The number of benzene rings is 3. The van der Waals surface area contributed by atoms with E-state index in [0.717, 1.165) is 5.56 Å². The summed E-state index contributed by atoms with van der Waals surface area (Å²) in [6, 6.07) is 22.4. The van der Waals surface area contributed by atoms with Gasteiger partial charge >= 0.3 is 5.97 Å². The molecule has 0 spiro atoms. The summed E-state index contributed by atoms with van der Waals surface area (Å²) in [6.45, 7) is 1.04. The molecule has 3 aromatic carbocycles. The minimum atomic E-state index is -0.820. The standard InChI is InChI=1S/C26H22N4O5/c1-17(31)27-19-11-13-20(14-12-19)28-23(32)16-35-26(34)24-21-9-5-6-10-22(21)25(33)30(29-24)15-18-7-3-2-4-8-18/h2-14H,15-16H2,1H3,(H,27,31)(H,28,32). The summed E-state index contributed by atoms with van der Waals surface area (Å²) in [5, 5.41) is 10.2. The van der Waals surface area contributed by atoms with Crippen LogP contribution in [0.1, 0.15) is 23.0 Å². The Kier molecular flexibility index (Phi) is 6.96. The third kappa shape index (κ3) is 5.77. The number of carbonyl (C=O) groups is 3. The topological polar surface area (TPSA) is 119 Å². The molecule has 0 fully saturated rings. The monoisotopic (exact) mass is 470 g/mol. The molecule has 0 aliphatic carbocycles. The quantitative estimate of drug-likeness (QED) is 0.401. The maximum absolute atomic E-state index is 12.9. The van der Waals surface area contributed by atoms with Crippen LogP contribution in [0, 0.1) is 0 Å². The number of esters is 1. The Morgan fingerprint density at radius 1 is 0.829 bits per heavy atom. The van der Waals surface area contributed by atoms with E-state index in [1.807, 2.05) is 30.3 Å². The summed E-state index contributed by atoms with van der Waals surface area (Å²) in [5.41, 5.74) is 1.52. The van der Waals surface area contributed by atoms with Crippen molar-refractivity contribution in [3.8, 4) is 0 Å². The van der Waals surface area contributed by atoms with Gasteiger partial charge in [0.25, 0.3) is 11.5 Å². The molecule has 0 aliphatic rings. The molecule has 9 nitrogen and oxygen atoms in total. The van der Waals surface area contributed by atoms with Crippen molar-refractivity contribution >= 4 is 39.9 Å². The highest BCUT2D eigenvalue weighted by atomic mass is 16.5. The first kappa shape index (κ1) is 23.4. The summed E-state index contributed by atoms with van der Waals surface area (Å²) < 4.78 is 6.42. The SMILES string of the molecule is CC(=O)Nc1ccc(NC(=O)COC(=O)c2nn(Cc3ccccc3)c(=O)c3ccccc23)cc1. The highest BCUT2D eigenvalue weighted by molar-refractivity contribution is 6.03. The second kappa shape index (κ2) is 10.4. The third-order valence-electron chi connectivity index (χ3n) is 5.06. The van der Waals surface area contributed by atoms with E-state index < -0.39 is 18.5 Å². The summed E-state index contributed by atoms with van der Waals surface area (Å²) in [5.74, 6) is -1.57. The summed E-state index contributed by atoms with van der Waals surface area (Å²) in [6.07, 6.45) is 0. The van der Waals surface area contributed by atoms with Crippen LogP contribution in [0.2, 0.25) is 0 Å². The number of carbonyl (C=O) groups excluding carboxylic acids is 3. The number of ether oxygens (including phenoxy) is 1. The average Bonchev–Trinajstić information content (AvgIpc) is 2.86. The number of amides is 2. The van der Waals surface area contributed by atoms with Crippen LogP contribution in [0.3, 0.4) is 0 Å². The van der Waals surface area contributed by atoms with E-state index in [1.165, 1.54) is 11.6 Å². The molecule has 0 aliphatic heterocycles. The lowest BCUT2D eigenvalue weighted by Gasteiger charge is -2.11. The van der Waals surface area contributed by atoms with Crippen molar-refractivity contribution in [3.63, 3.8) is 0 Å². The van der Waals surface area contributed by atoms with Gasteiger partial charge in [0.1, 0.15) is 0 Å². The highest BCUT2D eigenvalue weighted by Crippen LogP contribution is 2.16.